The average molecular weight is 319 g/mol. The first kappa shape index (κ1) is 16.4. The fourth-order valence-electron chi connectivity index (χ4n) is 1.93. The van der Waals surface area contributed by atoms with Crippen LogP contribution in [-0.4, -0.2) is 21.7 Å². The van der Waals surface area contributed by atoms with Crippen molar-refractivity contribution >= 4 is 17.4 Å². The van der Waals surface area contributed by atoms with Gasteiger partial charge in [-0.3, -0.25) is 4.98 Å². The molecule has 0 bridgehead atoms. The third-order valence-electron chi connectivity index (χ3n) is 2.97. The van der Waals surface area contributed by atoms with Gasteiger partial charge in [0, 0.05) is 11.8 Å². The summed E-state index contributed by atoms with van der Waals surface area (Å²) in [6.45, 7) is 9.36. The van der Waals surface area contributed by atoms with E-state index in [0.29, 0.717) is 0 Å². The summed E-state index contributed by atoms with van der Waals surface area (Å²) in [5, 5.41) is 2.78. The molecular formula is C16H21N3O2S. The van der Waals surface area contributed by atoms with E-state index in [2.05, 4.69) is 15.3 Å². The van der Waals surface area contributed by atoms with Gasteiger partial charge in [-0.15, -0.1) is 11.3 Å². The molecule has 0 radical (unpaired) electrons. The van der Waals surface area contributed by atoms with Gasteiger partial charge in [0.1, 0.15) is 5.60 Å². The van der Waals surface area contributed by atoms with Gasteiger partial charge < -0.3 is 10.1 Å². The standard InChI is InChI=1S/C16H21N3O2S/c1-10(19-15(20)21-16(3,4)5)13-7-6-12(8-17-13)14-11(2)18-9-22-14/h6-10H,1-5H3,(H,19,20). The number of nitrogens with one attached hydrogen (secondary N) is 1. The van der Waals surface area contributed by atoms with Crippen LogP contribution in [0.25, 0.3) is 10.4 Å². The quantitative estimate of drug-likeness (QED) is 0.925. The third-order valence-corrected chi connectivity index (χ3v) is 3.95. The summed E-state index contributed by atoms with van der Waals surface area (Å²) < 4.78 is 5.24. The van der Waals surface area contributed by atoms with Gasteiger partial charge in [-0.05, 0) is 40.7 Å². The van der Waals surface area contributed by atoms with Crippen LogP contribution in [-0.2, 0) is 4.74 Å². The lowest BCUT2D eigenvalue weighted by Crippen LogP contribution is -2.34. The maximum atomic E-state index is 11.8. The summed E-state index contributed by atoms with van der Waals surface area (Å²) >= 11 is 1.59. The monoisotopic (exact) mass is 319 g/mol. The first-order chi connectivity index (χ1) is 10.3. The Morgan fingerprint density at radius 1 is 1.32 bits per heavy atom. The molecule has 22 heavy (non-hydrogen) atoms. The van der Waals surface area contributed by atoms with Crippen molar-refractivity contribution < 1.29 is 9.53 Å². The lowest BCUT2D eigenvalue weighted by Gasteiger charge is -2.21. The Bertz CT molecular complexity index is 644. The molecular weight excluding hydrogens is 298 g/mol. The summed E-state index contributed by atoms with van der Waals surface area (Å²) in [5.41, 5.74) is 4.14. The molecule has 1 atom stereocenters. The Hall–Kier alpha value is -1.95. The number of ether oxygens (including phenoxy) is 1. The van der Waals surface area contributed by atoms with Gasteiger partial charge >= 0.3 is 6.09 Å². The maximum absolute atomic E-state index is 11.8. The molecule has 6 heteroatoms. The molecule has 0 spiro atoms. The highest BCUT2D eigenvalue weighted by atomic mass is 32.1. The van der Waals surface area contributed by atoms with E-state index in [0.717, 1.165) is 21.8 Å². The number of carbonyl (C=O) groups is 1. The Balaban J connectivity index is 2.04. The zero-order valence-electron chi connectivity index (χ0n) is 13.5. The summed E-state index contributed by atoms with van der Waals surface area (Å²) in [7, 11) is 0. The topological polar surface area (TPSA) is 64.1 Å². The largest absolute Gasteiger partial charge is 0.444 e. The van der Waals surface area contributed by atoms with Gasteiger partial charge in [-0.25, -0.2) is 9.78 Å². The zero-order valence-corrected chi connectivity index (χ0v) is 14.3. The SMILES string of the molecule is Cc1ncsc1-c1ccc(C(C)NC(=O)OC(C)(C)C)nc1. The minimum atomic E-state index is -0.509. The lowest BCUT2D eigenvalue weighted by molar-refractivity contribution is 0.0507. The molecule has 0 aromatic carbocycles. The van der Waals surface area contributed by atoms with E-state index in [9.17, 15) is 4.79 Å². The predicted octanol–water partition coefficient (Wildman–Crippen LogP) is 4.10. The van der Waals surface area contributed by atoms with E-state index in [1.54, 1.807) is 11.3 Å². The first-order valence-corrected chi connectivity index (χ1v) is 8.00. The van der Waals surface area contributed by atoms with Crippen LogP contribution in [0.4, 0.5) is 4.79 Å². The molecule has 1 amide bonds. The number of alkyl carbamates (subject to hydrolysis) is 1. The number of aryl methyl sites for hydroxylation is 1. The minimum Gasteiger partial charge on any atom is -0.444 e. The number of aromatic nitrogens is 2. The fraction of sp³-hybridized carbons (Fsp3) is 0.438. The molecule has 1 unspecified atom stereocenters. The Labute approximate surface area is 134 Å². The van der Waals surface area contributed by atoms with Gasteiger partial charge in [0.25, 0.3) is 0 Å². The molecule has 118 valence electrons. The van der Waals surface area contributed by atoms with Gasteiger partial charge in [-0.2, -0.15) is 0 Å². The molecule has 2 aromatic heterocycles. The highest BCUT2D eigenvalue weighted by Gasteiger charge is 2.18. The van der Waals surface area contributed by atoms with Crippen LogP contribution in [0.15, 0.2) is 23.8 Å². The zero-order chi connectivity index (χ0) is 16.3. The van der Waals surface area contributed by atoms with Crippen molar-refractivity contribution in [2.45, 2.75) is 46.3 Å². The van der Waals surface area contributed by atoms with Gasteiger partial charge in [0.05, 0.1) is 27.8 Å². The molecule has 0 saturated heterocycles. The molecule has 1 N–H and O–H groups in total. The van der Waals surface area contributed by atoms with Crippen LogP contribution in [0.2, 0.25) is 0 Å². The van der Waals surface area contributed by atoms with Crippen LogP contribution in [0.5, 0.6) is 0 Å². The van der Waals surface area contributed by atoms with E-state index < -0.39 is 11.7 Å². The number of rotatable bonds is 3. The molecule has 2 aromatic rings. The third kappa shape index (κ3) is 4.27. The number of amides is 1. The van der Waals surface area contributed by atoms with Crippen molar-refractivity contribution in [3.05, 3.63) is 35.2 Å². The van der Waals surface area contributed by atoms with E-state index in [1.165, 1.54) is 0 Å². The number of hydrogen-bond acceptors (Lipinski definition) is 5. The summed E-state index contributed by atoms with van der Waals surface area (Å²) in [6, 6.07) is 3.69. The predicted molar refractivity (Wildman–Crippen MR) is 87.9 cm³/mol. The molecule has 0 saturated carbocycles. The summed E-state index contributed by atoms with van der Waals surface area (Å²) in [4.78, 5) is 21.6. The van der Waals surface area contributed by atoms with Crippen molar-refractivity contribution in [1.82, 2.24) is 15.3 Å². The van der Waals surface area contributed by atoms with E-state index in [1.807, 2.05) is 58.5 Å². The molecule has 0 fully saturated rings. The number of pyridine rings is 1. The first-order valence-electron chi connectivity index (χ1n) is 7.12. The second kappa shape index (κ2) is 6.44. The molecule has 0 aliphatic rings. The minimum absolute atomic E-state index is 0.216. The summed E-state index contributed by atoms with van der Waals surface area (Å²) in [6.07, 6.45) is 1.37. The van der Waals surface area contributed by atoms with Gasteiger partial charge in [0.2, 0.25) is 0 Å². The van der Waals surface area contributed by atoms with Gasteiger partial charge in [0.15, 0.2) is 0 Å². The van der Waals surface area contributed by atoms with Crippen LogP contribution < -0.4 is 5.32 Å². The second-order valence-electron chi connectivity index (χ2n) is 6.11. The Morgan fingerprint density at radius 3 is 2.55 bits per heavy atom. The number of carbonyl (C=O) groups excluding carboxylic acids is 1. The fourth-order valence-corrected chi connectivity index (χ4v) is 2.73. The van der Waals surface area contributed by atoms with Crippen molar-refractivity contribution in [3.8, 4) is 10.4 Å². The summed E-state index contributed by atoms with van der Waals surface area (Å²) in [5.74, 6) is 0. The molecule has 0 aliphatic heterocycles. The maximum Gasteiger partial charge on any atom is 0.408 e. The number of thiazole rings is 1. The van der Waals surface area contributed by atoms with E-state index in [-0.39, 0.29) is 6.04 Å². The van der Waals surface area contributed by atoms with E-state index >= 15 is 0 Å². The second-order valence-corrected chi connectivity index (χ2v) is 6.96. The molecule has 2 rings (SSSR count). The number of nitrogens with zero attached hydrogens (tertiary/aromatic N) is 2. The molecule has 2 heterocycles. The van der Waals surface area contributed by atoms with Gasteiger partial charge in [-0.1, -0.05) is 6.07 Å². The number of hydrogen-bond donors (Lipinski definition) is 1. The average Bonchev–Trinajstić information content (AvgIpc) is 2.83. The van der Waals surface area contributed by atoms with Crippen LogP contribution in [0.1, 0.15) is 45.1 Å². The lowest BCUT2D eigenvalue weighted by atomic mass is 10.1. The highest BCUT2D eigenvalue weighted by molar-refractivity contribution is 7.13. The highest BCUT2D eigenvalue weighted by Crippen LogP contribution is 2.27. The molecule has 5 nitrogen and oxygen atoms in total. The van der Waals surface area contributed by atoms with Crippen molar-refractivity contribution in [1.29, 1.82) is 0 Å². The smallest absolute Gasteiger partial charge is 0.408 e. The van der Waals surface area contributed by atoms with Crippen molar-refractivity contribution in [3.63, 3.8) is 0 Å². The normalized spacial score (nSPS) is 12.8. The van der Waals surface area contributed by atoms with Crippen LogP contribution >= 0.6 is 11.3 Å². The molecule has 0 aliphatic carbocycles. The van der Waals surface area contributed by atoms with Crippen LogP contribution in [0.3, 0.4) is 0 Å². The van der Waals surface area contributed by atoms with Crippen molar-refractivity contribution in [2.24, 2.45) is 0 Å². The van der Waals surface area contributed by atoms with Crippen LogP contribution in [0, 0.1) is 6.92 Å². The van der Waals surface area contributed by atoms with Crippen molar-refractivity contribution in [2.75, 3.05) is 0 Å². The van der Waals surface area contributed by atoms with E-state index in [4.69, 9.17) is 4.74 Å². The Morgan fingerprint density at radius 2 is 2.05 bits per heavy atom. The Kier molecular flexibility index (Phi) is 4.81.